The summed E-state index contributed by atoms with van der Waals surface area (Å²) in [5, 5.41) is 0. The van der Waals surface area contributed by atoms with E-state index in [-0.39, 0.29) is 0 Å². The molecule has 0 aromatic carbocycles. The van der Waals surface area contributed by atoms with Crippen LogP contribution in [-0.2, 0) is 0 Å². The van der Waals surface area contributed by atoms with E-state index in [9.17, 15) is 0 Å². The van der Waals surface area contributed by atoms with Crippen LogP contribution in [0.5, 0.6) is 0 Å². The predicted octanol–water partition coefficient (Wildman–Crippen LogP) is 1.62. The van der Waals surface area contributed by atoms with Crippen LogP contribution in [0, 0.1) is 5.92 Å². The normalized spacial score (nSPS) is 28.2. The molecule has 0 bridgehead atoms. The number of hydrogen-bond donors (Lipinski definition) is 1. The van der Waals surface area contributed by atoms with Crippen LogP contribution in [0.15, 0.2) is 12.7 Å². The molecule has 2 unspecified atom stereocenters. The van der Waals surface area contributed by atoms with Crippen LogP contribution in [0.4, 0.5) is 0 Å². The van der Waals surface area contributed by atoms with Crippen molar-refractivity contribution in [3.8, 4) is 0 Å². The van der Waals surface area contributed by atoms with E-state index in [4.69, 9.17) is 5.73 Å². The van der Waals surface area contributed by atoms with Crippen molar-refractivity contribution in [2.24, 2.45) is 11.7 Å². The molecule has 2 heteroatoms. The summed E-state index contributed by atoms with van der Waals surface area (Å²) >= 11 is 0. The van der Waals surface area contributed by atoms with Gasteiger partial charge >= 0.3 is 0 Å². The zero-order valence-electron chi connectivity index (χ0n) is 8.71. The first-order valence-electron chi connectivity index (χ1n) is 5.35. The Kier molecular flexibility index (Phi) is 4.46. The van der Waals surface area contributed by atoms with Gasteiger partial charge in [-0.3, -0.25) is 4.90 Å². The second kappa shape index (κ2) is 5.40. The predicted molar refractivity (Wildman–Crippen MR) is 57.6 cm³/mol. The van der Waals surface area contributed by atoms with Crippen molar-refractivity contribution >= 4 is 0 Å². The average molecular weight is 182 g/mol. The third-order valence-corrected chi connectivity index (χ3v) is 2.93. The maximum Gasteiger partial charge on any atom is 0.0160 e. The molecule has 76 valence electrons. The van der Waals surface area contributed by atoms with Crippen LogP contribution in [0.25, 0.3) is 0 Å². The molecular formula is C11H22N2. The maximum atomic E-state index is 5.88. The van der Waals surface area contributed by atoms with Crippen LogP contribution in [0.1, 0.15) is 26.2 Å². The summed E-state index contributed by atoms with van der Waals surface area (Å²) in [6.07, 6.45) is 5.73. The van der Waals surface area contributed by atoms with Crippen molar-refractivity contribution in [1.29, 1.82) is 0 Å². The number of nitrogens with zero attached hydrogens (tertiary/aromatic N) is 1. The summed E-state index contributed by atoms with van der Waals surface area (Å²) in [5.41, 5.74) is 5.88. The summed E-state index contributed by atoms with van der Waals surface area (Å²) < 4.78 is 0. The van der Waals surface area contributed by atoms with E-state index in [2.05, 4.69) is 18.4 Å². The van der Waals surface area contributed by atoms with Crippen molar-refractivity contribution in [2.75, 3.05) is 19.6 Å². The molecule has 0 saturated heterocycles. The number of hydrogen-bond acceptors (Lipinski definition) is 2. The van der Waals surface area contributed by atoms with E-state index in [1.165, 1.54) is 25.8 Å². The summed E-state index contributed by atoms with van der Waals surface area (Å²) in [4.78, 5) is 2.44. The highest BCUT2D eigenvalue weighted by atomic mass is 15.1. The van der Waals surface area contributed by atoms with Gasteiger partial charge in [-0.25, -0.2) is 0 Å². The highest BCUT2D eigenvalue weighted by molar-refractivity contribution is 4.81. The molecular weight excluding hydrogens is 160 g/mol. The van der Waals surface area contributed by atoms with Crippen molar-refractivity contribution in [3.63, 3.8) is 0 Å². The second-order valence-corrected chi connectivity index (χ2v) is 4.08. The first-order valence-corrected chi connectivity index (χ1v) is 5.35. The molecule has 0 aromatic rings. The van der Waals surface area contributed by atoms with Gasteiger partial charge in [-0.05, 0) is 31.7 Å². The Balaban J connectivity index is 2.25. The van der Waals surface area contributed by atoms with Gasteiger partial charge in [0.1, 0.15) is 0 Å². The minimum Gasteiger partial charge on any atom is -0.328 e. The molecule has 1 aliphatic carbocycles. The Hall–Kier alpha value is -0.340. The molecule has 1 aliphatic rings. The summed E-state index contributed by atoms with van der Waals surface area (Å²) in [6.45, 7) is 9.32. The Morgan fingerprint density at radius 3 is 2.77 bits per heavy atom. The maximum absolute atomic E-state index is 5.88. The van der Waals surface area contributed by atoms with Gasteiger partial charge in [0.2, 0.25) is 0 Å². The largest absolute Gasteiger partial charge is 0.328 e. The lowest BCUT2D eigenvalue weighted by Gasteiger charge is -2.22. The van der Waals surface area contributed by atoms with Crippen molar-refractivity contribution in [2.45, 2.75) is 32.2 Å². The second-order valence-electron chi connectivity index (χ2n) is 4.08. The molecule has 13 heavy (non-hydrogen) atoms. The van der Waals surface area contributed by atoms with E-state index in [1.54, 1.807) is 0 Å². The molecule has 1 rings (SSSR count). The van der Waals surface area contributed by atoms with Gasteiger partial charge in [-0.15, -0.1) is 6.58 Å². The quantitative estimate of drug-likeness (QED) is 0.655. The molecule has 2 N–H and O–H groups in total. The minimum absolute atomic E-state index is 0.465. The SMILES string of the molecule is C=CCN(CC)CC1CCC(N)C1. The van der Waals surface area contributed by atoms with Gasteiger partial charge in [0, 0.05) is 19.1 Å². The lowest BCUT2D eigenvalue weighted by atomic mass is 10.1. The van der Waals surface area contributed by atoms with Crippen molar-refractivity contribution in [3.05, 3.63) is 12.7 Å². The van der Waals surface area contributed by atoms with E-state index in [0.29, 0.717) is 6.04 Å². The van der Waals surface area contributed by atoms with Crippen LogP contribution in [0.2, 0.25) is 0 Å². The van der Waals surface area contributed by atoms with Crippen molar-refractivity contribution in [1.82, 2.24) is 4.90 Å². The Morgan fingerprint density at radius 2 is 2.31 bits per heavy atom. The Labute approximate surface area is 81.8 Å². The molecule has 0 aromatic heterocycles. The fraction of sp³-hybridized carbons (Fsp3) is 0.818. The van der Waals surface area contributed by atoms with E-state index < -0.39 is 0 Å². The number of rotatable bonds is 5. The minimum atomic E-state index is 0.465. The monoisotopic (exact) mass is 182 g/mol. The zero-order valence-corrected chi connectivity index (χ0v) is 8.71. The summed E-state index contributed by atoms with van der Waals surface area (Å²) in [7, 11) is 0. The average Bonchev–Trinajstić information content (AvgIpc) is 2.50. The fourth-order valence-corrected chi connectivity index (χ4v) is 2.16. The first kappa shape index (κ1) is 10.7. The molecule has 2 atom stereocenters. The zero-order chi connectivity index (χ0) is 9.68. The van der Waals surface area contributed by atoms with Gasteiger partial charge in [0.05, 0.1) is 0 Å². The number of likely N-dealkylation sites (N-methyl/N-ethyl adjacent to an activating group) is 1. The van der Waals surface area contributed by atoms with Crippen molar-refractivity contribution < 1.29 is 0 Å². The van der Waals surface area contributed by atoms with Gasteiger partial charge in [-0.2, -0.15) is 0 Å². The van der Waals surface area contributed by atoms with Crippen LogP contribution < -0.4 is 5.73 Å². The Morgan fingerprint density at radius 1 is 1.54 bits per heavy atom. The van der Waals surface area contributed by atoms with Crippen LogP contribution in [0.3, 0.4) is 0 Å². The topological polar surface area (TPSA) is 29.3 Å². The van der Waals surface area contributed by atoms with Gasteiger partial charge in [0.15, 0.2) is 0 Å². The molecule has 1 fully saturated rings. The third-order valence-electron chi connectivity index (χ3n) is 2.93. The molecule has 1 saturated carbocycles. The fourth-order valence-electron chi connectivity index (χ4n) is 2.16. The van der Waals surface area contributed by atoms with Crippen LogP contribution in [-0.4, -0.2) is 30.6 Å². The van der Waals surface area contributed by atoms with E-state index >= 15 is 0 Å². The first-order chi connectivity index (χ1) is 6.26. The summed E-state index contributed by atoms with van der Waals surface area (Å²) in [6, 6.07) is 0.465. The highest BCUT2D eigenvalue weighted by Crippen LogP contribution is 2.24. The number of nitrogens with two attached hydrogens (primary N) is 1. The van der Waals surface area contributed by atoms with Crippen LogP contribution >= 0.6 is 0 Å². The molecule has 0 heterocycles. The third kappa shape index (κ3) is 3.49. The van der Waals surface area contributed by atoms with E-state index in [0.717, 1.165) is 19.0 Å². The van der Waals surface area contributed by atoms with Gasteiger partial charge in [-0.1, -0.05) is 13.0 Å². The molecule has 0 aliphatic heterocycles. The molecule has 0 radical (unpaired) electrons. The lowest BCUT2D eigenvalue weighted by molar-refractivity contribution is 0.264. The Bertz CT molecular complexity index is 156. The van der Waals surface area contributed by atoms with Gasteiger partial charge < -0.3 is 5.73 Å². The smallest absolute Gasteiger partial charge is 0.0160 e. The molecule has 2 nitrogen and oxygen atoms in total. The molecule has 0 spiro atoms. The highest BCUT2D eigenvalue weighted by Gasteiger charge is 2.22. The lowest BCUT2D eigenvalue weighted by Crippen LogP contribution is -2.29. The van der Waals surface area contributed by atoms with E-state index in [1.807, 2.05) is 6.08 Å². The van der Waals surface area contributed by atoms with Gasteiger partial charge in [0.25, 0.3) is 0 Å². The summed E-state index contributed by atoms with van der Waals surface area (Å²) in [5.74, 6) is 0.829. The molecule has 0 amide bonds. The standard InChI is InChI=1S/C11H22N2/c1-3-7-13(4-2)9-10-5-6-11(12)8-10/h3,10-11H,1,4-9,12H2,2H3.